The van der Waals surface area contributed by atoms with E-state index in [0.717, 1.165) is 45.3 Å². The highest BCUT2D eigenvalue weighted by Gasteiger charge is 2.30. The standard InChI is InChI=1S/C24H35N5O5/c1-33-21-3-2-17(16-20(21)29-14-8-22(30)26-24(29)32)23(31)28-12-6-19(7-13-28)34-18-4-10-27(11-5-18)15-9-25/h2-3,16,18-19H,4-15,25H2,1H3,(H,26,30,32). The van der Waals surface area contributed by atoms with Gasteiger partial charge in [-0.15, -0.1) is 0 Å². The molecule has 0 aliphatic carbocycles. The Morgan fingerprint density at radius 3 is 2.35 bits per heavy atom. The predicted molar refractivity (Wildman–Crippen MR) is 127 cm³/mol. The van der Waals surface area contributed by atoms with Gasteiger partial charge in [-0.2, -0.15) is 0 Å². The molecular weight excluding hydrogens is 438 g/mol. The van der Waals surface area contributed by atoms with E-state index >= 15 is 0 Å². The first-order chi connectivity index (χ1) is 16.5. The molecule has 3 aliphatic heterocycles. The third-order valence-electron chi connectivity index (χ3n) is 6.86. The van der Waals surface area contributed by atoms with Gasteiger partial charge in [0.25, 0.3) is 5.91 Å². The molecule has 3 heterocycles. The minimum atomic E-state index is -0.508. The van der Waals surface area contributed by atoms with Crippen molar-refractivity contribution in [2.45, 2.75) is 44.3 Å². The monoisotopic (exact) mass is 473 g/mol. The van der Waals surface area contributed by atoms with Crippen LogP contribution in [0.1, 0.15) is 42.5 Å². The van der Waals surface area contributed by atoms with E-state index in [2.05, 4.69) is 10.2 Å². The van der Waals surface area contributed by atoms with Crippen molar-refractivity contribution in [3.63, 3.8) is 0 Å². The molecule has 0 unspecified atom stereocenters. The molecule has 3 N–H and O–H groups in total. The van der Waals surface area contributed by atoms with Crippen LogP contribution in [0.25, 0.3) is 0 Å². The maximum atomic E-state index is 13.2. The molecule has 1 aromatic carbocycles. The number of methoxy groups -OCH3 is 1. The average Bonchev–Trinajstić information content (AvgIpc) is 2.85. The number of hydrogen-bond donors (Lipinski definition) is 2. The molecule has 0 saturated carbocycles. The molecule has 3 saturated heterocycles. The number of amides is 4. The van der Waals surface area contributed by atoms with Gasteiger partial charge in [-0.05, 0) is 43.9 Å². The third kappa shape index (κ3) is 5.68. The maximum absolute atomic E-state index is 13.2. The number of imide groups is 1. The molecule has 1 aromatic rings. The number of nitrogens with zero attached hydrogens (tertiary/aromatic N) is 3. The van der Waals surface area contributed by atoms with Gasteiger partial charge in [-0.25, -0.2) is 4.79 Å². The van der Waals surface area contributed by atoms with E-state index in [9.17, 15) is 14.4 Å². The Morgan fingerprint density at radius 1 is 1.06 bits per heavy atom. The smallest absolute Gasteiger partial charge is 0.328 e. The Kier molecular flexibility index (Phi) is 8.02. The van der Waals surface area contributed by atoms with Gasteiger partial charge < -0.3 is 25.0 Å². The van der Waals surface area contributed by atoms with Gasteiger partial charge in [0.15, 0.2) is 0 Å². The molecule has 4 amide bonds. The Balaban J connectivity index is 1.33. The summed E-state index contributed by atoms with van der Waals surface area (Å²) in [5.74, 6) is 0.0928. The first-order valence-corrected chi connectivity index (χ1v) is 12.1. The van der Waals surface area contributed by atoms with E-state index in [1.54, 1.807) is 18.2 Å². The van der Waals surface area contributed by atoms with Gasteiger partial charge in [0.2, 0.25) is 5.91 Å². The summed E-state index contributed by atoms with van der Waals surface area (Å²) in [6.07, 6.45) is 4.35. The number of carbonyl (C=O) groups is 3. The quantitative estimate of drug-likeness (QED) is 0.611. The summed E-state index contributed by atoms with van der Waals surface area (Å²) in [4.78, 5) is 42.7. The first-order valence-electron chi connectivity index (χ1n) is 12.1. The minimum absolute atomic E-state index is 0.0778. The summed E-state index contributed by atoms with van der Waals surface area (Å²) < 4.78 is 11.8. The number of ether oxygens (including phenoxy) is 2. The van der Waals surface area contributed by atoms with Crippen molar-refractivity contribution in [3.8, 4) is 5.75 Å². The fourth-order valence-corrected chi connectivity index (χ4v) is 4.93. The number of hydrogen-bond acceptors (Lipinski definition) is 7. The van der Waals surface area contributed by atoms with Crippen LogP contribution in [0.5, 0.6) is 5.75 Å². The summed E-state index contributed by atoms with van der Waals surface area (Å²) >= 11 is 0. The first kappa shape index (κ1) is 24.4. The van der Waals surface area contributed by atoms with E-state index in [0.29, 0.717) is 36.6 Å². The lowest BCUT2D eigenvalue weighted by Gasteiger charge is -2.37. The number of nitrogens with two attached hydrogens (primary N) is 1. The van der Waals surface area contributed by atoms with E-state index < -0.39 is 6.03 Å². The van der Waals surface area contributed by atoms with Crippen LogP contribution < -0.4 is 20.7 Å². The topological polar surface area (TPSA) is 117 Å². The Bertz CT molecular complexity index is 894. The molecular formula is C24H35N5O5. The largest absolute Gasteiger partial charge is 0.495 e. The second-order valence-electron chi connectivity index (χ2n) is 9.10. The Hall–Kier alpha value is -2.69. The number of piperidine rings is 2. The molecule has 0 radical (unpaired) electrons. The SMILES string of the molecule is COc1ccc(C(=O)N2CCC(OC3CCN(CCN)CC3)CC2)cc1N1CCC(=O)NC1=O. The summed E-state index contributed by atoms with van der Waals surface area (Å²) in [6.45, 7) is 5.21. The van der Waals surface area contributed by atoms with Crippen molar-refractivity contribution in [3.05, 3.63) is 23.8 Å². The Morgan fingerprint density at radius 2 is 1.74 bits per heavy atom. The highest BCUT2D eigenvalue weighted by atomic mass is 16.5. The number of rotatable bonds is 7. The molecule has 3 fully saturated rings. The van der Waals surface area contributed by atoms with Crippen LogP contribution in [0.2, 0.25) is 0 Å². The second-order valence-corrected chi connectivity index (χ2v) is 9.10. The maximum Gasteiger partial charge on any atom is 0.328 e. The van der Waals surface area contributed by atoms with Gasteiger partial charge in [0.1, 0.15) is 5.75 Å². The van der Waals surface area contributed by atoms with Crippen LogP contribution in [0.3, 0.4) is 0 Å². The summed E-state index contributed by atoms with van der Waals surface area (Å²) in [6, 6.07) is 4.58. The van der Waals surface area contributed by atoms with Crippen LogP contribution in [0.15, 0.2) is 18.2 Å². The molecule has 4 rings (SSSR count). The van der Waals surface area contributed by atoms with Crippen molar-refractivity contribution in [1.29, 1.82) is 0 Å². The van der Waals surface area contributed by atoms with Crippen LogP contribution in [0.4, 0.5) is 10.5 Å². The zero-order chi connectivity index (χ0) is 24.1. The summed E-state index contributed by atoms with van der Waals surface area (Å²) in [5.41, 5.74) is 6.63. The van der Waals surface area contributed by atoms with Gasteiger partial charge in [0.05, 0.1) is 25.0 Å². The molecule has 10 heteroatoms. The molecule has 34 heavy (non-hydrogen) atoms. The fraction of sp³-hybridized carbons (Fsp3) is 0.625. The van der Waals surface area contributed by atoms with Crippen molar-refractivity contribution in [2.75, 3.05) is 57.8 Å². The van der Waals surface area contributed by atoms with Crippen LogP contribution in [-0.2, 0) is 9.53 Å². The van der Waals surface area contributed by atoms with Crippen molar-refractivity contribution in [1.82, 2.24) is 15.1 Å². The van der Waals surface area contributed by atoms with Gasteiger partial charge in [-0.3, -0.25) is 19.8 Å². The highest BCUT2D eigenvalue weighted by Crippen LogP contribution is 2.31. The summed E-state index contributed by atoms with van der Waals surface area (Å²) in [7, 11) is 1.51. The van der Waals surface area contributed by atoms with Gasteiger partial charge in [-0.1, -0.05) is 0 Å². The van der Waals surface area contributed by atoms with Crippen LogP contribution in [0, 0.1) is 0 Å². The minimum Gasteiger partial charge on any atom is -0.495 e. The number of anilines is 1. The number of urea groups is 1. The van der Waals surface area contributed by atoms with Crippen molar-refractivity contribution >= 4 is 23.5 Å². The van der Waals surface area contributed by atoms with Gasteiger partial charge >= 0.3 is 6.03 Å². The number of carbonyl (C=O) groups excluding carboxylic acids is 3. The zero-order valence-electron chi connectivity index (χ0n) is 19.8. The second kappa shape index (κ2) is 11.2. The van der Waals surface area contributed by atoms with Crippen LogP contribution in [-0.4, -0.2) is 92.8 Å². The van der Waals surface area contributed by atoms with E-state index in [1.165, 1.54) is 12.0 Å². The molecule has 10 nitrogen and oxygen atoms in total. The normalized spacial score (nSPS) is 21.0. The number of benzene rings is 1. The number of likely N-dealkylation sites (tertiary alicyclic amines) is 2. The summed E-state index contributed by atoms with van der Waals surface area (Å²) in [5, 5.41) is 2.31. The fourth-order valence-electron chi connectivity index (χ4n) is 4.93. The van der Waals surface area contributed by atoms with E-state index in [-0.39, 0.29) is 37.0 Å². The van der Waals surface area contributed by atoms with E-state index in [1.807, 2.05) is 4.90 Å². The lowest BCUT2D eigenvalue weighted by molar-refractivity contribution is -0.120. The van der Waals surface area contributed by atoms with Crippen LogP contribution >= 0.6 is 0 Å². The molecule has 0 spiro atoms. The van der Waals surface area contributed by atoms with Crippen molar-refractivity contribution < 1.29 is 23.9 Å². The highest BCUT2D eigenvalue weighted by molar-refractivity contribution is 6.07. The lowest BCUT2D eigenvalue weighted by atomic mass is 10.0. The zero-order valence-corrected chi connectivity index (χ0v) is 19.8. The van der Waals surface area contributed by atoms with Gasteiger partial charge in [0, 0.05) is 57.8 Å². The molecule has 186 valence electrons. The van der Waals surface area contributed by atoms with E-state index in [4.69, 9.17) is 15.2 Å². The molecule has 0 bridgehead atoms. The third-order valence-corrected chi connectivity index (χ3v) is 6.86. The molecule has 0 atom stereocenters. The Labute approximate surface area is 200 Å². The lowest BCUT2D eigenvalue weighted by Crippen LogP contribution is -2.49. The molecule has 0 aromatic heterocycles. The predicted octanol–water partition coefficient (Wildman–Crippen LogP) is 1.19. The number of nitrogens with one attached hydrogen (secondary N) is 1. The average molecular weight is 474 g/mol. The molecule has 3 aliphatic rings. The van der Waals surface area contributed by atoms with Crippen molar-refractivity contribution in [2.24, 2.45) is 5.73 Å².